The van der Waals surface area contributed by atoms with Crippen LogP contribution in [0.5, 0.6) is 0 Å². The zero-order valence-corrected chi connectivity index (χ0v) is 17.9. The molecule has 4 rings (SSSR count). The first kappa shape index (κ1) is 22.0. The van der Waals surface area contributed by atoms with E-state index < -0.39 is 12.7 Å². The second-order valence-electron chi connectivity index (χ2n) is 7.90. The highest BCUT2D eigenvalue weighted by atomic mass is 16.4. The van der Waals surface area contributed by atoms with E-state index in [9.17, 15) is 9.90 Å². The smallest absolute Gasteiger partial charge is 0.268 e. The van der Waals surface area contributed by atoms with Crippen LogP contribution in [0, 0.1) is 12.8 Å². The molecule has 0 aliphatic heterocycles. The maximum Gasteiger partial charge on any atom is 0.268 e. The minimum atomic E-state index is -0.965. The molecule has 3 atom stereocenters. The van der Waals surface area contributed by atoms with Gasteiger partial charge >= 0.3 is 0 Å². The average molecular weight is 438 g/mol. The molecule has 4 N–H and O–H groups in total. The first-order valence-electron chi connectivity index (χ1n) is 10.5. The third kappa shape index (κ3) is 4.82. The van der Waals surface area contributed by atoms with E-state index in [4.69, 9.17) is 9.52 Å². The van der Waals surface area contributed by atoms with Crippen LogP contribution in [0.2, 0.25) is 0 Å². The van der Waals surface area contributed by atoms with Crippen LogP contribution in [0.3, 0.4) is 0 Å². The number of hydrogen-bond donors (Lipinski definition) is 4. The standard InChI is InChI=1S/C22H26N6O4/c1-12-19(22-28-27-21(32-22)14-5-3-13(4-6-14)8-23-2)26-18(10-24-12)16-7-17(16)20(31)25-9-15(30)11-29/h3-6,10,15-17,23,29-30H,7-9,11H2,1-2H3,(H,25,31). The molecule has 2 aromatic heterocycles. The lowest BCUT2D eigenvalue weighted by Crippen LogP contribution is -2.35. The second kappa shape index (κ2) is 9.51. The van der Waals surface area contributed by atoms with E-state index in [1.54, 1.807) is 6.20 Å². The molecule has 3 unspecified atom stereocenters. The van der Waals surface area contributed by atoms with Crippen molar-refractivity contribution in [3.63, 3.8) is 0 Å². The number of nitrogens with one attached hydrogen (secondary N) is 2. The van der Waals surface area contributed by atoms with Gasteiger partial charge in [0.05, 0.1) is 24.1 Å². The minimum Gasteiger partial charge on any atom is -0.415 e. The van der Waals surface area contributed by atoms with E-state index in [-0.39, 0.29) is 30.2 Å². The number of aliphatic hydroxyl groups excluding tert-OH is 2. The predicted octanol–water partition coefficient (Wildman–Crippen LogP) is 0.794. The Labute approximate surface area is 185 Å². The number of amides is 1. The van der Waals surface area contributed by atoms with Gasteiger partial charge in [0.1, 0.15) is 5.69 Å². The Morgan fingerprint density at radius 1 is 1.25 bits per heavy atom. The molecule has 3 aromatic rings. The van der Waals surface area contributed by atoms with Gasteiger partial charge in [-0.2, -0.15) is 0 Å². The molecule has 10 nitrogen and oxygen atoms in total. The van der Waals surface area contributed by atoms with Crippen LogP contribution in [0.15, 0.2) is 34.9 Å². The number of aryl methyl sites for hydroxylation is 1. The van der Waals surface area contributed by atoms with Crippen LogP contribution in [-0.2, 0) is 11.3 Å². The summed E-state index contributed by atoms with van der Waals surface area (Å²) in [5.41, 5.74) is 3.80. The van der Waals surface area contributed by atoms with Gasteiger partial charge in [-0.3, -0.25) is 9.78 Å². The van der Waals surface area contributed by atoms with Crippen LogP contribution in [0.4, 0.5) is 0 Å². The Morgan fingerprint density at radius 2 is 2.00 bits per heavy atom. The summed E-state index contributed by atoms with van der Waals surface area (Å²) in [6.07, 6.45) is 1.34. The summed E-state index contributed by atoms with van der Waals surface area (Å²) in [4.78, 5) is 21.3. The van der Waals surface area contributed by atoms with E-state index in [0.717, 1.165) is 17.7 Å². The Bertz CT molecular complexity index is 1080. The molecule has 32 heavy (non-hydrogen) atoms. The molecule has 0 radical (unpaired) electrons. The van der Waals surface area contributed by atoms with Crippen molar-refractivity contribution in [3.05, 3.63) is 47.4 Å². The first-order chi connectivity index (χ1) is 15.5. The fraction of sp³-hybridized carbons (Fsp3) is 0.409. The quantitative estimate of drug-likeness (QED) is 0.381. The van der Waals surface area contributed by atoms with E-state index in [1.807, 2.05) is 38.2 Å². The normalized spacial score (nSPS) is 18.4. The Morgan fingerprint density at radius 3 is 2.72 bits per heavy atom. The monoisotopic (exact) mass is 438 g/mol. The highest BCUT2D eigenvalue weighted by Crippen LogP contribution is 2.47. The summed E-state index contributed by atoms with van der Waals surface area (Å²) >= 11 is 0. The van der Waals surface area contributed by atoms with Gasteiger partial charge in [-0.05, 0) is 38.1 Å². The molecule has 0 saturated heterocycles. The van der Waals surface area contributed by atoms with Crippen molar-refractivity contribution in [2.45, 2.75) is 31.9 Å². The molecule has 1 aliphatic carbocycles. The maximum absolute atomic E-state index is 12.3. The maximum atomic E-state index is 12.3. The SMILES string of the molecule is CNCc1ccc(-c2nnc(-c3nc(C4CC4C(=O)NCC(O)CO)cnc3C)o2)cc1. The molecule has 10 heteroatoms. The molecular formula is C22H26N6O4. The zero-order chi connectivity index (χ0) is 22.7. The van der Waals surface area contributed by atoms with Crippen molar-refractivity contribution < 1.29 is 19.4 Å². The number of hydrogen-bond acceptors (Lipinski definition) is 9. The summed E-state index contributed by atoms with van der Waals surface area (Å²) in [5, 5.41) is 32.3. The van der Waals surface area contributed by atoms with Gasteiger partial charge in [0.15, 0.2) is 0 Å². The van der Waals surface area contributed by atoms with Gasteiger partial charge in [0.2, 0.25) is 11.8 Å². The lowest BCUT2D eigenvalue weighted by atomic mass is 10.1. The molecular weight excluding hydrogens is 412 g/mol. The molecule has 1 saturated carbocycles. The molecule has 1 aromatic carbocycles. The van der Waals surface area contributed by atoms with Gasteiger partial charge < -0.3 is 25.3 Å². The van der Waals surface area contributed by atoms with Gasteiger partial charge in [-0.1, -0.05) is 12.1 Å². The van der Waals surface area contributed by atoms with E-state index >= 15 is 0 Å². The highest BCUT2D eigenvalue weighted by molar-refractivity contribution is 5.82. The Hall–Kier alpha value is -3.21. The number of nitrogens with zero attached hydrogens (tertiary/aromatic N) is 4. The molecule has 1 amide bonds. The number of carbonyl (C=O) groups excluding carboxylic acids is 1. The lowest BCUT2D eigenvalue weighted by Gasteiger charge is -2.09. The first-order valence-corrected chi connectivity index (χ1v) is 10.5. The summed E-state index contributed by atoms with van der Waals surface area (Å²) in [6, 6.07) is 7.86. The third-order valence-electron chi connectivity index (χ3n) is 5.41. The Kier molecular flexibility index (Phi) is 6.54. The fourth-order valence-corrected chi connectivity index (χ4v) is 3.47. The van der Waals surface area contributed by atoms with Crippen molar-refractivity contribution in [3.8, 4) is 23.0 Å². The van der Waals surface area contributed by atoms with Crippen molar-refractivity contribution in [2.75, 3.05) is 20.2 Å². The number of carbonyl (C=O) groups is 1. The second-order valence-corrected chi connectivity index (χ2v) is 7.90. The van der Waals surface area contributed by atoms with E-state index in [0.29, 0.717) is 29.4 Å². The lowest BCUT2D eigenvalue weighted by molar-refractivity contribution is -0.123. The van der Waals surface area contributed by atoms with Crippen LogP contribution >= 0.6 is 0 Å². The number of rotatable bonds is 9. The largest absolute Gasteiger partial charge is 0.415 e. The van der Waals surface area contributed by atoms with Gasteiger partial charge in [0, 0.05) is 36.7 Å². The van der Waals surface area contributed by atoms with Crippen LogP contribution in [0.1, 0.15) is 29.3 Å². The topological polar surface area (TPSA) is 146 Å². The van der Waals surface area contributed by atoms with Crippen molar-refractivity contribution >= 4 is 5.91 Å². The van der Waals surface area contributed by atoms with Crippen LogP contribution in [-0.4, -0.2) is 62.6 Å². The molecule has 1 aliphatic rings. The van der Waals surface area contributed by atoms with Crippen molar-refractivity contribution in [1.82, 2.24) is 30.8 Å². The average Bonchev–Trinajstić information content (AvgIpc) is 3.46. The van der Waals surface area contributed by atoms with Crippen LogP contribution in [0.25, 0.3) is 23.0 Å². The predicted molar refractivity (Wildman–Crippen MR) is 115 cm³/mol. The van der Waals surface area contributed by atoms with Crippen LogP contribution < -0.4 is 10.6 Å². The van der Waals surface area contributed by atoms with Gasteiger partial charge in [0.25, 0.3) is 5.89 Å². The highest BCUT2D eigenvalue weighted by Gasteiger charge is 2.45. The third-order valence-corrected chi connectivity index (χ3v) is 5.41. The minimum absolute atomic E-state index is 0.0179. The molecule has 1 fully saturated rings. The summed E-state index contributed by atoms with van der Waals surface area (Å²) in [6.45, 7) is 2.21. The summed E-state index contributed by atoms with van der Waals surface area (Å²) in [7, 11) is 1.90. The molecule has 2 heterocycles. The zero-order valence-electron chi connectivity index (χ0n) is 17.9. The molecule has 0 bridgehead atoms. The van der Waals surface area contributed by atoms with Gasteiger partial charge in [-0.15, -0.1) is 10.2 Å². The summed E-state index contributed by atoms with van der Waals surface area (Å²) in [5.74, 6) is 0.205. The van der Waals surface area contributed by atoms with E-state index in [2.05, 4.69) is 30.8 Å². The van der Waals surface area contributed by atoms with E-state index in [1.165, 1.54) is 0 Å². The molecule has 0 spiro atoms. The number of aromatic nitrogens is 4. The number of benzene rings is 1. The van der Waals surface area contributed by atoms with Crippen molar-refractivity contribution in [2.24, 2.45) is 5.92 Å². The van der Waals surface area contributed by atoms with Crippen molar-refractivity contribution in [1.29, 1.82) is 0 Å². The molecule has 168 valence electrons. The van der Waals surface area contributed by atoms with Gasteiger partial charge in [-0.25, -0.2) is 4.98 Å². The fourth-order valence-electron chi connectivity index (χ4n) is 3.47. The summed E-state index contributed by atoms with van der Waals surface area (Å²) < 4.78 is 5.87. The number of aliphatic hydroxyl groups is 2. The Balaban J connectivity index is 1.48.